The minimum absolute atomic E-state index is 0.0133. The molecule has 1 N–H and O–H groups in total. The van der Waals surface area contributed by atoms with Gasteiger partial charge in [0.1, 0.15) is 11.3 Å². The van der Waals surface area contributed by atoms with Crippen LogP contribution < -0.4 is 4.74 Å². The average Bonchev–Trinajstić information content (AvgIpc) is 2.95. The number of aryl methyl sites for hydroxylation is 3. The predicted octanol–water partition coefficient (Wildman–Crippen LogP) is 5.41. The molecule has 0 fully saturated rings. The van der Waals surface area contributed by atoms with Crippen molar-refractivity contribution >= 4 is 28.5 Å². The van der Waals surface area contributed by atoms with Crippen molar-refractivity contribution in [3.8, 4) is 5.75 Å². The summed E-state index contributed by atoms with van der Waals surface area (Å²) in [5.74, 6) is -0.259. The molecular weight excluding hydrogens is 340 g/mol. The second-order valence-electron chi connectivity index (χ2n) is 6.03. The maximum absolute atomic E-state index is 11.4. The van der Waals surface area contributed by atoms with Gasteiger partial charge >= 0.3 is 5.97 Å². The van der Waals surface area contributed by atoms with E-state index in [2.05, 4.69) is 0 Å². The number of rotatable bonds is 6. The Morgan fingerprint density at radius 3 is 2.56 bits per heavy atom. The summed E-state index contributed by atoms with van der Waals surface area (Å²) in [5.41, 5.74) is 3.27. The third-order valence-corrected chi connectivity index (χ3v) is 4.74. The fourth-order valence-corrected chi connectivity index (χ4v) is 3.06. The summed E-state index contributed by atoms with van der Waals surface area (Å²) in [5, 5.41) is 10.9. The molecule has 25 heavy (non-hydrogen) atoms. The Morgan fingerprint density at radius 1 is 1.20 bits per heavy atom. The molecular formula is C20H19ClO4. The van der Waals surface area contributed by atoms with E-state index in [1.807, 2.05) is 44.2 Å². The van der Waals surface area contributed by atoms with Crippen LogP contribution in [-0.4, -0.2) is 17.7 Å². The van der Waals surface area contributed by atoms with Crippen LogP contribution in [0.3, 0.4) is 0 Å². The number of furan rings is 1. The first kappa shape index (κ1) is 17.4. The number of halogens is 1. The zero-order valence-corrected chi connectivity index (χ0v) is 14.9. The highest BCUT2D eigenvalue weighted by Gasteiger charge is 2.19. The molecule has 3 aromatic rings. The second-order valence-corrected chi connectivity index (χ2v) is 6.41. The number of aromatic carboxylic acids is 1. The van der Waals surface area contributed by atoms with Crippen LogP contribution in [-0.2, 0) is 6.42 Å². The van der Waals surface area contributed by atoms with Gasteiger partial charge in [-0.15, -0.1) is 0 Å². The van der Waals surface area contributed by atoms with E-state index in [4.69, 9.17) is 20.8 Å². The fraction of sp³-hybridized carbons (Fsp3) is 0.250. The first-order valence-corrected chi connectivity index (χ1v) is 8.48. The van der Waals surface area contributed by atoms with E-state index in [9.17, 15) is 9.90 Å². The Hall–Kier alpha value is -2.46. The Kier molecular flexibility index (Phi) is 5.00. The summed E-state index contributed by atoms with van der Waals surface area (Å²) in [6, 6.07) is 11.2. The summed E-state index contributed by atoms with van der Waals surface area (Å²) < 4.78 is 11.3. The molecule has 0 aliphatic heterocycles. The van der Waals surface area contributed by atoms with Crippen LogP contribution in [0.1, 0.15) is 33.7 Å². The third kappa shape index (κ3) is 3.64. The third-order valence-electron chi connectivity index (χ3n) is 4.14. The number of para-hydroxylation sites is 1. The van der Waals surface area contributed by atoms with E-state index in [0.29, 0.717) is 25.0 Å². The summed E-state index contributed by atoms with van der Waals surface area (Å²) >= 11 is 6.16. The molecule has 1 heterocycles. The standard InChI is InChI=1S/C20H19ClO4/c1-12-10-14(11-13(2)18(12)21)24-9-5-7-16-15-6-3-4-8-17(15)25-19(16)20(22)23/h3-4,6,8,10-11H,5,7,9H2,1-2H3,(H,22,23). The molecule has 0 saturated heterocycles. The smallest absolute Gasteiger partial charge is 0.372 e. The highest BCUT2D eigenvalue weighted by atomic mass is 35.5. The first-order valence-electron chi connectivity index (χ1n) is 8.10. The fourth-order valence-electron chi connectivity index (χ4n) is 2.95. The Bertz CT molecular complexity index is 904. The van der Waals surface area contributed by atoms with Crippen LogP contribution in [0.15, 0.2) is 40.8 Å². The number of hydrogen-bond donors (Lipinski definition) is 1. The molecule has 0 radical (unpaired) electrons. The van der Waals surface area contributed by atoms with Gasteiger partial charge in [-0.3, -0.25) is 0 Å². The first-order chi connectivity index (χ1) is 12.0. The molecule has 0 atom stereocenters. The number of hydrogen-bond acceptors (Lipinski definition) is 3. The van der Waals surface area contributed by atoms with E-state index < -0.39 is 5.97 Å². The van der Waals surface area contributed by atoms with Crippen LogP contribution in [0.25, 0.3) is 11.0 Å². The van der Waals surface area contributed by atoms with Crippen LogP contribution in [0, 0.1) is 13.8 Å². The van der Waals surface area contributed by atoms with Gasteiger partial charge in [0.2, 0.25) is 5.76 Å². The lowest BCUT2D eigenvalue weighted by Gasteiger charge is -2.10. The van der Waals surface area contributed by atoms with Crippen molar-refractivity contribution in [1.29, 1.82) is 0 Å². The van der Waals surface area contributed by atoms with Crippen molar-refractivity contribution in [2.24, 2.45) is 0 Å². The minimum Gasteiger partial charge on any atom is -0.494 e. The number of benzene rings is 2. The molecule has 1 aromatic heterocycles. The lowest BCUT2D eigenvalue weighted by atomic mass is 10.1. The Balaban J connectivity index is 1.69. The van der Waals surface area contributed by atoms with Gasteiger partial charge in [-0.1, -0.05) is 29.8 Å². The number of carboxylic acid groups (broad SMARTS) is 1. The van der Waals surface area contributed by atoms with Crippen molar-refractivity contribution in [3.63, 3.8) is 0 Å². The van der Waals surface area contributed by atoms with E-state index >= 15 is 0 Å². The van der Waals surface area contributed by atoms with Gasteiger partial charge in [0, 0.05) is 16.0 Å². The van der Waals surface area contributed by atoms with Gasteiger partial charge in [-0.05, 0) is 56.0 Å². The maximum Gasteiger partial charge on any atom is 0.372 e. The number of ether oxygens (including phenoxy) is 1. The lowest BCUT2D eigenvalue weighted by molar-refractivity contribution is 0.0663. The van der Waals surface area contributed by atoms with Crippen LogP contribution >= 0.6 is 11.6 Å². The lowest BCUT2D eigenvalue weighted by Crippen LogP contribution is -2.03. The van der Waals surface area contributed by atoms with Crippen LogP contribution in [0.5, 0.6) is 5.75 Å². The summed E-state index contributed by atoms with van der Waals surface area (Å²) in [7, 11) is 0. The number of carbonyl (C=O) groups is 1. The summed E-state index contributed by atoms with van der Waals surface area (Å²) in [4.78, 5) is 11.4. The molecule has 2 aromatic carbocycles. The average molecular weight is 359 g/mol. The van der Waals surface area contributed by atoms with Gasteiger partial charge in [-0.2, -0.15) is 0 Å². The number of fused-ring (bicyclic) bond motifs is 1. The molecule has 0 saturated carbocycles. The highest BCUT2D eigenvalue weighted by molar-refractivity contribution is 6.32. The molecule has 5 heteroatoms. The zero-order chi connectivity index (χ0) is 18.0. The maximum atomic E-state index is 11.4. The van der Waals surface area contributed by atoms with E-state index in [0.717, 1.165) is 32.8 Å². The normalized spacial score (nSPS) is 11.0. The van der Waals surface area contributed by atoms with Crippen molar-refractivity contribution in [2.75, 3.05) is 6.61 Å². The second kappa shape index (κ2) is 7.19. The van der Waals surface area contributed by atoms with Crippen molar-refractivity contribution in [3.05, 3.63) is 63.9 Å². The predicted molar refractivity (Wildman–Crippen MR) is 97.9 cm³/mol. The van der Waals surface area contributed by atoms with Gasteiger partial charge in [0.15, 0.2) is 0 Å². The largest absolute Gasteiger partial charge is 0.494 e. The molecule has 0 amide bonds. The SMILES string of the molecule is Cc1cc(OCCCc2c(C(=O)O)oc3ccccc23)cc(C)c1Cl. The van der Waals surface area contributed by atoms with Gasteiger partial charge < -0.3 is 14.3 Å². The molecule has 0 unspecified atom stereocenters. The van der Waals surface area contributed by atoms with Crippen molar-refractivity contribution in [2.45, 2.75) is 26.7 Å². The van der Waals surface area contributed by atoms with Gasteiger partial charge in [0.25, 0.3) is 0 Å². The monoisotopic (exact) mass is 358 g/mol. The molecule has 0 aliphatic carbocycles. The minimum atomic E-state index is -1.05. The van der Waals surface area contributed by atoms with Crippen LogP contribution in [0.4, 0.5) is 0 Å². The van der Waals surface area contributed by atoms with E-state index in [1.165, 1.54) is 0 Å². The highest BCUT2D eigenvalue weighted by Crippen LogP contribution is 2.28. The topological polar surface area (TPSA) is 59.7 Å². The summed E-state index contributed by atoms with van der Waals surface area (Å²) in [6.07, 6.45) is 1.26. The summed E-state index contributed by atoms with van der Waals surface area (Å²) in [6.45, 7) is 4.37. The van der Waals surface area contributed by atoms with Crippen molar-refractivity contribution < 1.29 is 19.1 Å². The van der Waals surface area contributed by atoms with Crippen molar-refractivity contribution in [1.82, 2.24) is 0 Å². The molecule has 4 nitrogen and oxygen atoms in total. The van der Waals surface area contributed by atoms with E-state index in [-0.39, 0.29) is 5.76 Å². The zero-order valence-electron chi connectivity index (χ0n) is 14.1. The Labute approximate surface area is 151 Å². The molecule has 0 aliphatic rings. The molecule has 130 valence electrons. The van der Waals surface area contributed by atoms with Crippen LogP contribution in [0.2, 0.25) is 5.02 Å². The van der Waals surface area contributed by atoms with Gasteiger partial charge in [-0.25, -0.2) is 4.79 Å². The van der Waals surface area contributed by atoms with Gasteiger partial charge in [0.05, 0.1) is 6.61 Å². The number of carboxylic acids is 1. The van der Waals surface area contributed by atoms with E-state index in [1.54, 1.807) is 6.07 Å². The Morgan fingerprint density at radius 2 is 1.88 bits per heavy atom. The quantitative estimate of drug-likeness (QED) is 0.598. The molecule has 0 spiro atoms. The molecule has 3 rings (SSSR count). The molecule has 0 bridgehead atoms.